The van der Waals surface area contributed by atoms with E-state index >= 15 is 0 Å². The van der Waals surface area contributed by atoms with Crippen molar-refractivity contribution >= 4 is 11.0 Å². The van der Waals surface area contributed by atoms with Crippen molar-refractivity contribution in [2.24, 2.45) is 17.1 Å². The summed E-state index contributed by atoms with van der Waals surface area (Å²) in [5, 5.41) is 1.29. The van der Waals surface area contributed by atoms with Crippen LogP contribution in [0.3, 0.4) is 0 Å². The number of hydrogen-bond acceptors (Lipinski definition) is 3. The van der Waals surface area contributed by atoms with Crippen molar-refractivity contribution in [3.05, 3.63) is 30.1 Å². The molecule has 154 valence electrons. The number of aromatic nitrogens is 2. The van der Waals surface area contributed by atoms with E-state index < -0.39 is 0 Å². The lowest BCUT2D eigenvalue weighted by atomic mass is 9.71. The van der Waals surface area contributed by atoms with Crippen LogP contribution in [-0.4, -0.2) is 40.1 Å². The summed E-state index contributed by atoms with van der Waals surface area (Å²) in [4.78, 5) is 7.49. The smallest absolute Gasteiger partial charge is 0.140 e. The second kappa shape index (κ2) is 8.16. The molecule has 4 heteroatoms. The molecular formula is C24H38N4. The molecule has 2 aromatic heterocycles. The molecule has 1 saturated carbocycles. The second-order valence-electron chi connectivity index (χ2n) is 10.1. The fraction of sp³-hybridized carbons (Fsp3) is 0.708. The van der Waals surface area contributed by atoms with E-state index in [0.717, 1.165) is 24.0 Å². The lowest BCUT2D eigenvalue weighted by Crippen LogP contribution is -2.44. The van der Waals surface area contributed by atoms with Gasteiger partial charge in [-0.15, -0.1) is 0 Å². The van der Waals surface area contributed by atoms with Crippen molar-refractivity contribution in [3.63, 3.8) is 0 Å². The Morgan fingerprint density at radius 1 is 1.04 bits per heavy atom. The summed E-state index contributed by atoms with van der Waals surface area (Å²) in [6.07, 6.45) is 13.3. The maximum absolute atomic E-state index is 5.84. The number of pyridine rings is 1. The summed E-state index contributed by atoms with van der Waals surface area (Å²) in [5.41, 5.74) is 8.82. The maximum atomic E-state index is 5.84. The van der Waals surface area contributed by atoms with Gasteiger partial charge in [0.05, 0.1) is 0 Å². The van der Waals surface area contributed by atoms with E-state index in [4.69, 9.17) is 10.7 Å². The summed E-state index contributed by atoms with van der Waals surface area (Å²) >= 11 is 0. The minimum Gasteiger partial charge on any atom is -0.330 e. The number of nitrogens with two attached hydrogens (primary N) is 1. The molecule has 0 atom stereocenters. The van der Waals surface area contributed by atoms with Crippen LogP contribution in [0.25, 0.3) is 11.0 Å². The van der Waals surface area contributed by atoms with Gasteiger partial charge in [-0.3, -0.25) is 0 Å². The Hall–Kier alpha value is -1.39. The van der Waals surface area contributed by atoms with Crippen LogP contribution in [0.4, 0.5) is 0 Å². The van der Waals surface area contributed by atoms with Crippen LogP contribution in [0.1, 0.15) is 70.9 Å². The van der Waals surface area contributed by atoms with E-state index in [-0.39, 0.29) is 0 Å². The highest BCUT2D eigenvalue weighted by atomic mass is 15.2. The van der Waals surface area contributed by atoms with Gasteiger partial charge < -0.3 is 15.2 Å². The molecule has 3 heterocycles. The third-order valence-electron chi connectivity index (χ3n) is 7.42. The average Bonchev–Trinajstić information content (AvgIpc) is 3.07. The van der Waals surface area contributed by atoms with E-state index in [2.05, 4.69) is 42.5 Å². The number of hydrogen-bond donors (Lipinski definition) is 1. The lowest BCUT2D eigenvalue weighted by molar-refractivity contribution is 0.0722. The van der Waals surface area contributed by atoms with Crippen LogP contribution < -0.4 is 5.73 Å². The Morgan fingerprint density at radius 2 is 1.75 bits per heavy atom. The molecule has 2 fully saturated rings. The first-order chi connectivity index (χ1) is 13.5. The normalized spacial score (nSPS) is 25.4. The number of piperidine rings is 1. The first-order valence-corrected chi connectivity index (χ1v) is 11.4. The Balaban J connectivity index is 1.39. The van der Waals surface area contributed by atoms with Gasteiger partial charge in [-0.25, -0.2) is 4.98 Å². The SMILES string of the molecule is CC(C)(C)C1CCC(N2CCC(n3cc(CCN)c4cccnc43)CC2)CC1. The molecule has 4 nitrogen and oxygen atoms in total. The zero-order valence-electron chi connectivity index (χ0n) is 18.0. The number of rotatable bonds is 4. The molecule has 0 amide bonds. The highest BCUT2D eigenvalue weighted by Gasteiger charge is 2.33. The van der Waals surface area contributed by atoms with E-state index in [1.54, 1.807) is 0 Å². The molecule has 0 unspecified atom stereocenters. The van der Waals surface area contributed by atoms with Crippen molar-refractivity contribution in [2.45, 2.75) is 77.8 Å². The Labute approximate surface area is 170 Å². The van der Waals surface area contributed by atoms with Crippen LogP contribution in [0, 0.1) is 11.3 Å². The van der Waals surface area contributed by atoms with Crippen LogP contribution >= 0.6 is 0 Å². The highest BCUT2D eigenvalue weighted by Crippen LogP contribution is 2.40. The minimum atomic E-state index is 0.474. The van der Waals surface area contributed by atoms with Gasteiger partial charge >= 0.3 is 0 Å². The van der Waals surface area contributed by atoms with Gasteiger partial charge in [0.15, 0.2) is 0 Å². The molecule has 0 radical (unpaired) electrons. The molecule has 0 bridgehead atoms. The van der Waals surface area contributed by atoms with E-state index in [1.165, 1.54) is 62.6 Å². The molecule has 2 aromatic rings. The summed E-state index contributed by atoms with van der Waals surface area (Å²) in [6.45, 7) is 10.4. The third-order valence-corrected chi connectivity index (χ3v) is 7.42. The molecule has 1 saturated heterocycles. The molecule has 2 aliphatic rings. The van der Waals surface area contributed by atoms with E-state index in [0.29, 0.717) is 18.0 Å². The zero-order valence-corrected chi connectivity index (χ0v) is 18.0. The van der Waals surface area contributed by atoms with Crippen molar-refractivity contribution < 1.29 is 0 Å². The summed E-state index contributed by atoms with van der Waals surface area (Å²) < 4.78 is 2.45. The monoisotopic (exact) mass is 382 g/mol. The topological polar surface area (TPSA) is 47.1 Å². The average molecular weight is 383 g/mol. The van der Waals surface area contributed by atoms with Gasteiger partial charge in [0.25, 0.3) is 0 Å². The molecule has 0 spiro atoms. The van der Waals surface area contributed by atoms with Gasteiger partial charge in [0, 0.05) is 43.0 Å². The van der Waals surface area contributed by atoms with E-state index in [9.17, 15) is 0 Å². The molecule has 1 aliphatic carbocycles. The Morgan fingerprint density at radius 3 is 2.39 bits per heavy atom. The van der Waals surface area contributed by atoms with Crippen LogP contribution in [-0.2, 0) is 6.42 Å². The van der Waals surface area contributed by atoms with Gasteiger partial charge in [0.2, 0.25) is 0 Å². The van der Waals surface area contributed by atoms with Gasteiger partial charge in [-0.1, -0.05) is 20.8 Å². The third kappa shape index (κ3) is 3.99. The summed E-state index contributed by atoms with van der Waals surface area (Å²) in [5.74, 6) is 0.902. The van der Waals surface area contributed by atoms with E-state index in [1.807, 2.05) is 12.3 Å². The minimum absolute atomic E-state index is 0.474. The molecular weight excluding hydrogens is 344 g/mol. The number of nitrogens with zero attached hydrogens (tertiary/aromatic N) is 3. The fourth-order valence-corrected chi connectivity index (χ4v) is 5.62. The molecule has 4 rings (SSSR count). The Kier molecular flexibility index (Phi) is 5.80. The Bertz CT molecular complexity index is 771. The molecule has 28 heavy (non-hydrogen) atoms. The van der Waals surface area contributed by atoms with Crippen LogP contribution in [0.2, 0.25) is 0 Å². The zero-order chi connectivity index (χ0) is 19.7. The highest BCUT2D eigenvalue weighted by molar-refractivity contribution is 5.80. The molecule has 1 aliphatic heterocycles. The predicted octanol–water partition coefficient (Wildman–Crippen LogP) is 4.78. The first-order valence-electron chi connectivity index (χ1n) is 11.4. The van der Waals surface area contributed by atoms with Gasteiger partial charge in [0.1, 0.15) is 5.65 Å². The van der Waals surface area contributed by atoms with Crippen molar-refractivity contribution in [3.8, 4) is 0 Å². The van der Waals surface area contributed by atoms with Crippen LogP contribution in [0.15, 0.2) is 24.5 Å². The standard InChI is InChI=1S/C24H38N4/c1-24(2,3)19-6-8-20(9-7-19)27-15-11-21(12-16-27)28-17-18(10-13-25)22-5-4-14-26-23(22)28/h4-5,14,17,19-21H,6-13,15-16,25H2,1-3H3. The first kappa shape index (κ1) is 19.9. The quantitative estimate of drug-likeness (QED) is 0.828. The predicted molar refractivity (Wildman–Crippen MR) is 118 cm³/mol. The van der Waals surface area contributed by atoms with Gasteiger partial charge in [-0.05, 0) is 80.5 Å². The summed E-state index contributed by atoms with van der Waals surface area (Å²) in [6, 6.07) is 5.63. The maximum Gasteiger partial charge on any atom is 0.140 e. The van der Waals surface area contributed by atoms with Gasteiger partial charge in [-0.2, -0.15) is 0 Å². The van der Waals surface area contributed by atoms with Crippen molar-refractivity contribution in [1.29, 1.82) is 0 Å². The van der Waals surface area contributed by atoms with Crippen molar-refractivity contribution in [2.75, 3.05) is 19.6 Å². The fourth-order valence-electron chi connectivity index (χ4n) is 5.62. The molecule has 0 aromatic carbocycles. The lowest BCUT2D eigenvalue weighted by Gasteiger charge is -2.43. The number of likely N-dealkylation sites (tertiary alicyclic amines) is 1. The molecule has 2 N–H and O–H groups in total. The van der Waals surface area contributed by atoms with Crippen LogP contribution in [0.5, 0.6) is 0 Å². The largest absolute Gasteiger partial charge is 0.330 e. The second-order valence-corrected chi connectivity index (χ2v) is 10.1. The number of fused-ring (bicyclic) bond motifs is 1. The van der Waals surface area contributed by atoms with Crippen molar-refractivity contribution in [1.82, 2.24) is 14.5 Å². The summed E-state index contributed by atoms with van der Waals surface area (Å²) in [7, 11) is 0.